The highest BCUT2D eigenvalue weighted by molar-refractivity contribution is 5.82. The molecule has 2 atom stereocenters. The summed E-state index contributed by atoms with van der Waals surface area (Å²) < 4.78 is 10.2. The van der Waals surface area contributed by atoms with Crippen molar-refractivity contribution in [3.8, 4) is 0 Å². The Morgan fingerprint density at radius 1 is 1.47 bits per heavy atom. The van der Waals surface area contributed by atoms with Gasteiger partial charge in [0.15, 0.2) is 6.04 Å². The van der Waals surface area contributed by atoms with Crippen molar-refractivity contribution < 1.29 is 24.2 Å². The second kappa shape index (κ2) is 6.72. The molecule has 1 saturated heterocycles. The van der Waals surface area contributed by atoms with Crippen molar-refractivity contribution in [1.29, 1.82) is 0 Å². The van der Waals surface area contributed by atoms with Crippen molar-refractivity contribution in [2.24, 2.45) is 0 Å². The van der Waals surface area contributed by atoms with Crippen LogP contribution in [-0.4, -0.2) is 67.6 Å². The topological polar surface area (TPSA) is 88.1 Å². The van der Waals surface area contributed by atoms with E-state index in [1.165, 1.54) is 7.11 Å². The molecule has 0 aromatic carbocycles. The number of hydrogen-bond acceptors (Lipinski definition) is 4. The fraction of sp³-hybridized carbons (Fsp3) is 0.833. The van der Waals surface area contributed by atoms with E-state index < -0.39 is 18.0 Å². The van der Waals surface area contributed by atoms with E-state index in [1.807, 2.05) is 6.92 Å². The predicted molar refractivity (Wildman–Crippen MR) is 68.1 cm³/mol. The zero-order chi connectivity index (χ0) is 14.5. The number of carboxylic acids is 1. The second-order valence-corrected chi connectivity index (χ2v) is 4.97. The summed E-state index contributed by atoms with van der Waals surface area (Å²) in [6.07, 6.45) is 1.72. The molecule has 0 radical (unpaired) electrons. The maximum absolute atomic E-state index is 12.0. The summed E-state index contributed by atoms with van der Waals surface area (Å²) in [6, 6.07) is -1.43. The first-order valence-electron chi connectivity index (χ1n) is 6.24. The smallest absolute Gasteiger partial charge is 0.328 e. The van der Waals surface area contributed by atoms with Crippen LogP contribution >= 0.6 is 0 Å². The maximum Gasteiger partial charge on any atom is 0.328 e. The number of likely N-dealkylation sites (tertiary alicyclic amines) is 1. The van der Waals surface area contributed by atoms with Gasteiger partial charge in [0.1, 0.15) is 0 Å². The van der Waals surface area contributed by atoms with Crippen molar-refractivity contribution >= 4 is 12.0 Å². The van der Waals surface area contributed by atoms with Crippen LogP contribution in [0.25, 0.3) is 0 Å². The van der Waals surface area contributed by atoms with E-state index >= 15 is 0 Å². The minimum absolute atomic E-state index is 0.0591. The molecule has 0 bridgehead atoms. The number of nitrogens with one attached hydrogen (secondary N) is 1. The summed E-state index contributed by atoms with van der Waals surface area (Å²) in [5.41, 5.74) is -0.366. The molecule has 2 unspecified atom stereocenters. The number of carboxylic acid groups (broad SMARTS) is 1. The van der Waals surface area contributed by atoms with Gasteiger partial charge >= 0.3 is 12.0 Å². The van der Waals surface area contributed by atoms with Gasteiger partial charge in [0, 0.05) is 20.8 Å². The first kappa shape index (κ1) is 15.7. The molecule has 1 aliphatic rings. The molecule has 0 saturated carbocycles. The number of amides is 2. The molecule has 0 aromatic rings. The van der Waals surface area contributed by atoms with E-state index in [9.17, 15) is 9.59 Å². The Kier molecular flexibility index (Phi) is 5.56. The third kappa shape index (κ3) is 4.36. The lowest BCUT2D eigenvalue weighted by molar-refractivity contribution is -0.140. The van der Waals surface area contributed by atoms with Gasteiger partial charge in [-0.2, -0.15) is 0 Å². The monoisotopic (exact) mass is 274 g/mol. The van der Waals surface area contributed by atoms with Crippen LogP contribution in [0, 0.1) is 0 Å². The number of piperidine rings is 1. The fourth-order valence-corrected chi connectivity index (χ4v) is 2.13. The Hall–Kier alpha value is -1.34. The Morgan fingerprint density at radius 2 is 2.16 bits per heavy atom. The van der Waals surface area contributed by atoms with Gasteiger partial charge in [-0.15, -0.1) is 0 Å². The summed E-state index contributed by atoms with van der Waals surface area (Å²) in [7, 11) is 3.01. The number of rotatable bonds is 5. The summed E-state index contributed by atoms with van der Waals surface area (Å²) in [6.45, 7) is 2.94. The number of carbonyl (C=O) groups is 2. The predicted octanol–water partition coefficient (Wildman–Crippen LogP) is 0.297. The molecule has 1 fully saturated rings. The quantitative estimate of drug-likeness (QED) is 0.752. The number of hydrogen-bond donors (Lipinski definition) is 2. The highest BCUT2D eigenvalue weighted by Crippen LogP contribution is 2.23. The number of nitrogens with zero attached hydrogens (tertiary/aromatic N) is 1. The number of carbonyl (C=O) groups excluding carboxylic acids is 1. The van der Waals surface area contributed by atoms with Crippen LogP contribution < -0.4 is 5.32 Å². The van der Waals surface area contributed by atoms with Crippen LogP contribution in [0.2, 0.25) is 0 Å². The standard InChI is InChI=1S/C12H22N2O5/c1-12(19-3)5-4-6-14(8-12)11(17)13-9(7-18-2)10(15)16/h9H,4-8H2,1-3H3,(H,13,17)(H,15,16). The van der Waals surface area contributed by atoms with Crippen LogP contribution in [0.5, 0.6) is 0 Å². The van der Waals surface area contributed by atoms with Gasteiger partial charge in [-0.25, -0.2) is 9.59 Å². The molecule has 0 aromatic heterocycles. The molecule has 1 rings (SSSR count). The molecular formula is C12H22N2O5. The van der Waals surface area contributed by atoms with Gasteiger partial charge in [-0.05, 0) is 19.8 Å². The summed E-state index contributed by atoms with van der Waals surface area (Å²) >= 11 is 0. The van der Waals surface area contributed by atoms with Crippen molar-refractivity contribution in [3.63, 3.8) is 0 Å². The zero-order valence-electron chi connectivity index (χ0n) is 11.6. The molecule has 7 nitrogen and oxygen atoms in total. The molecule has 2 amide bonds. The molecule has 19 heavy (non-hydrogen) atoms. The lowest BCUT2D eigenvalue weighted by Crippen LogP contribution is -2.56. The van der Waals surface area contributed by atoms with Crippen molar-refractivity contribution in [1.82, 2.24) is 10.2 Å². The molecule has 0 aliphatic carbocycles. The second-order valence-electron chi connectivity index (χ2n) is 4.97. The summed E-state index contributed by atoms with van der Waals surface area (Å²) in [5, 5.41) is 11.4. The molecule has 110 valence electrons. The zero-order valence-corrected chi connectivity index (χ0v) is 11.6. The SMILES string of the molecule is COCC(NC(=O)N1CCCC(C)(OC)C1)C(=O)O. The highest BCUT2D eigenvalue weighted by atomic mass is 16.5. The third-order valence-electron chi connectivity index (χ3n) is 3.37. The first-order valence-corrected chi connectivity index (χ1v) is 6.24. The molecule has 0 spiro atoms. The number of urea groups is 1. The minimum atomic E-state index is -1.11. The normalized spacial score (nSPS) is 24.9. The van der Waals surface area contributed by atoms with Crippen LogP contribution in [0.1, 0.15) is 19.8 Å². The highest BCUT2D eigenvalue weighted by Gasteiger charge is 2.34. The van der Waals surface area contributed by atoms with Crippen LogP contribution in [0.3, 0.4) is 0 Å². The van der Waals surface area contributed by atoms with E-state index in [0.29, 0.717) is 13.1 Å². The Morgan fingerprint density at radius 3 is 2.68 bits per heavy atom. The third-order valence-corrected chi connectivity index (χ3v) is 3.37. The molecule has 7 heteroatoms. The van der Waals surface area contributed by atoms with Gasteiger partial charge in [-0.3, -0.25) is 0 Å². The Labute approximate surface area is 112 Å². The number of ether oxygens (including phenoxy) is 2. The van der Waals surface area contributed by atoms with E-state index in [2.05, 4.69) is 5.32 Å². The molecule has 2 N–H and O–H groups in total. The number of aliphatic carboxylic acids is 1. The largest absolute Gasteiger partial charge is 0.480 e. The number of methoxy groups -OCH3 is 2. The minimum Gasteiger partial charge on any atom is -0.480 e. The van der Waals surface area contributed by atoms with Gasteiger partial charge in [0.25, 0.3) is 0 Å². The average Bonchev–Trinajstić information content (AvgIpc) is 2.38. The molecule has 1 aliphatic heterocycles. The van der Waals surface area contributed by atoms with Gasteiger partial charge in [0.05, 0.1) is 18.8 Å². The van der Waals surface area contributed by atoms with Gasteiger partial charge < -0.3 is 24.8 Å². The fourth-order valence-electron chi connectivity index (χ4n) is 2.13. The Bertz CT molecular complexity index is 336. The van der Waals surface area contributed by atoms with E-state index in [0.717, 1.165) is 12.8 Å². The van der Waals surface area contributed by atoms with Crippen molar-refractivity contribution in [2.45, 2.75) is 31.4 Å². The van der Waals surface area contributed by atoms with Gasteiger partial charge in [0.2, 0.25) is 0 Å². The van der Waals surface area contributed by atoms with Crippen LogP contribution in [-0.2, 0) is 14.3 Å². The van der Waals surface area contributed by atoms with E-state index in [-0.39, 0.29) is 12.2 Å². The van der Waals surface area contributed by atoms with E-state index in [1.54, 1.807) is 12.0 Å². The van der Waals surface area contributed by atoms with Crippen molar-refractivity contribution in [2.75, 3.05) is 33.9 Å². The van der Waals surface area contributed by atoms with Crippen molar-refractivity contribution in [3.05, 3.63) is 0 Å². The Balaban J connectivity index is 2.59. The molecule has 1 heterocycles. The summed E-state index contributed by atoms with van der Waals surface area (Å²) in [5.74, 6) is -1.11. The van der Waals surface area contributed by atoms with E-state index in [4.69, 9.17) is 14.6 Å². The molecular weight excluding hydrogens is 252 g/mol. The van der Waals surface area contributed by atoms with Crippen LogP contribution in [0.4, 0.5) is 4.79 Å². The lowest BCUT2D eigenvalue weighted by Gasteiger charge is -2.39. The first-order chi connectivity index (χ1) is 8.91. The van der Waals surface area contributed by atoms with Crippen LogP contribution in [0.15, 0.2) is 0 Å². The maximum atomic E-state index is 12.0. The lowest BCUT2D eigenvalue weighted by atomic mass is 9.95. The average molecular weight is 274 g/mol. The van der Waals surface area contributed by atoms with Gasteiger partial charge in [-0.1, -0.05) is 0 Å². The summed E-state index contributed by atoms with van der Waals surface area (Å²) in [4.78, 5) is 24.6.